The van der Waals surface area contributed by atoms with Crippen LogP contribution < -0.4 is 15.4 Å². The number of nitrogens with one attached hydrogen (secondary N) is 2. The third kappa shape index (κ3) is 4.63. The molecule has 0 heterocycles. The average molecular weight is 252 g/mol. The van der Waals surface area contributed by atoms with E-state index < -0.39 is 0 Å². The van der Waals surface area contributed by atoms with E-state index in [2.05, 4.69) is 10.6 Å². The molecule has 0 saturated heterocycles. The Morgan fingerprint density at radius 2 is 2.17 bits per heavy atom. The molecule has 5 heteroatoms. The molecule has 0 fully saturated rings. The third-order valence-electron chi connectivity index (χ3n) is 2.59. The first-order valence-electron chi connectivity index (χ1n) is 6.03. The molecular formula is C13H20N2O3. The Bertz CT molecular complexity index is 382. The summed E-state index contributed by atoms with van der Waals surface area (Å²) in [7, 11) is 1.55. The van der Waals surface area contributed by atoms with Crippen LogP contribution in [0.25, 0.3) is 0 Å². The zero-order valence-corrected chi connectivity index (χ0v) is 10.8. The smallest absolute Gasteiger partial charge is 0.319 e. The van der Waals surface area contributed by atoms with E-state index in [1.807, 2.05) is 19.1 Å². The molecular weight excluding hydrogens is 232 g/mol. The predicted octanol–water partition coefficient (Wildman–Crippen LogP) is 1.98. The second-order valence-electron chi connectivity index (χ2n) is 3.93. The van der Waals surface area contributed by atoms with E-state index >= 15 is 0 Å². The molecule has 1 aromatic rings. The standard InChI is InChI=1S/C13H20N2O3/c1-3-10(16)8-9-14-13(17)15-11-6-4-5-7-12(11)18-2/h4-7,10,16H,3,8-9H2,1-2H3,(H2,14,15,17). The van der Waals surface area contributed by atoms with Crippen molar-refractivity contribution in [3.05, 3.63) is 24.3 Å². The van der Waals surface area contributed by atoms with Crippen molar-refractivity contribution >= 4 is 11.7 Å². The fraction of sp³-hybridized carbons (Fsp3) is 0.462. The minimum atomic E-state index is -0.364. The number of amides is 2. The first kappa shape index (κ1) is 14.3. The fourth-order valence-corrected chi connectivity index (χ4v) is 1.47. The first-order valence-corrected chi connectivity index (χ1v) is 6.03. The Balaban J connectivity index is 2.40. The monoisotopic (exact) mass is 252 g/mol. The van der Waals surface area contributed by atoms with Gasteiger partial charge in [-0.2, -0.15) is 0 Å². The lowest BCUT2D eigenvalue weighted by atomic mass is 10.2. The van der Waals surface area contributed by atoms with Gasteiger partial charge in [0.2, 0.25) is 0 Å². The summed E-state index contributed by atoms with van der Waals surface area (Å²) in [5.41, 5.74) is 0.619. The lowest BCUT2D eigenvalue weighted by Crippen LogP contribution is -2.31. The Morgan fingerprint density at radius 1 is 1.44 bits per heavy atom. The van der Waals surface area contributed by atoms with Crippen LogP contribution in [0.15, 0.2) is 24.3 Å². The molecule has 1 rings (SSSR count). The molecule has 0 saturated carbocycles. The lowest BCUT2D eigenvalue weighted by Gasteiger charge is -2.12. The van der Waals surface area contributed by atoms with Crippen molar-refractivity contribution < 1.29 is 14.6 Å². The van der Waals surface area contributed by atoms with E-state index in [0.29, 0.717) is 30.8 Å². The summed E-state index contributed by atoms with van der Waals surface area (Å²) in [5.74, 6) is 0.612. The van der Waals surface area contributed by atoms with Gasteiger partial charge in [0.25, 0.3) is 0 Å². The number of benzene rings is 1. The summed E-state index contributed by atoms with van der Waals surface area (Å²) < 4.78 is 5.12. The summed E-state index contributed by atoms with van der Waals surface area (Å²) in [6, 6.07) is 6.89. The molecule has 0 radical (unpaired) electrons. The maximum absolute atomic E-state index is 11.6. The molecule has 0 spiro atoms. The minimum Gasteiger partial charge on any atom is -0.495 e. The first-order chi connectivity index (χ1) is 8.67. The number of hydrogen-bond donors (Lipinski definition) is 3. The highest BCUT2D eigenvalue weighted by Gasteiger charge is 2.06. The molecule has 0 bridgehead atoms. The highest BCUT2D eigenvalue weighted by molar-refractivity contribution is 5.90. The van der Waals surface area contributed by atoms with Crippen molar-refractivity contribution in [2.24, 2.45) is 0 Å². The molecule has 0 aliphatic heterocycles. The van der Waals surface area contributed by atoms with Gasteiger partial charge in [-0.05, 0) is 25.0 Å². The number of aliphatic hydroxyl groups excluding tert-OH is 1. The quantitative estimate of drug-likeness (QED) is 0.725. The Morgan fingerprint density at radius 3 is 2.83 bits per heavy atom. The number of ether oxygens (including phenoxy) is 1. The second-order valence-corrected chi connectivity index (χ2v) is 3.93. The second kappa shape index (κ2) is 7.55. The normalized spacial score (nSPS) is 11.7. The number of rotatable bonds is 6. The van der Waals surface area contributed by atoms with Crippen LogP contribution >= 0.6 is 0 Å². The van der Waals surface area contributed by atoms with Crippen LogP contribution in [0.4, 0.5) is 10.5 Å². The van der Waals surface area contributed by atoms with E-state index in [1.54, 1.807) is 19.2 Å². The van der Waals surface area contributed by atoms with Crippen molar-refractivity contribution in [3.63, 3.8) is 0 Å². The number of carbonyl (C=O) groups is 1. The van der Waals surface area contributed by atoms with Gasteiger partial charge in [0.15, 0.2) is 0 Å². The summed E-state index contributed by atoms with van der Waals surface area (Å²) in [4.78, 5) is 11.6. The van der Waals surface area contributed by atoms with Gasteiger partial charge in [-0.25, -0.2) is 4.79 Å². The molecule has 100 valence electrons. The minimum absolute atomic E-state index is 0.303. The average Bonchev–Trinajstić information content (AvgIpc) is 2.39. The summed E-state index contributed by atoms with van der Waals surface area (Å²) in [5, 5.41) is 14.7. The summed E-state index contributed by atoms with van der Waals surface area (Å²) >= 11 is 0. The van der Waals surface area contributed by atoms with Crippen LogP contribution in [-0.2, 0) is 0 Å². The lowest BCUT2D eigenvalue weighted by molar-refractivity contribution is 0.160. The number of hydrogen-bond acceptors (Lipinski definition) is 3. The highest BCUT2D eigenvalue weighted by Crippen LogP contribution is 2.22. The van der Waals surface area contributed by atoms with Crippen molar-refractivity contribution in [1.29, 1.82) is 0 Å². The van der Waals surface area contributed by atoms with Crippen LogP contribution in [0, 0.1) is 0 Å². The summed E-state index contributed by atoms with van der Waals surface area (Å²) in [6.07, 6.45) is 0.877. The van der Waals surface area contributed by atoms with Crippen molar-refractivity contribution in [3.8, 4) is 5.75 Å². The van der Waals surface area contributed by atoms with Crippen molar-refractivity contribution in [1.82, 2.24) is 5.32 Å². The number of anilines is 1. The SMILES string of the molecule is CCC(O)CCNC(=O)Nc1ccccc1OC. The van der Waals surface area contributed by atoms with E-state index in [-0.39, 0.29) is 12.1 Å². The number of methoxy groups -OCH3 is 1. The topological polar surface area (TPSA) is 70.6 Å². The predicted molar refractivity (Wildman–Crippen MR) is 70.9 cm³/mol. The van der Waals surface area contributed by atoms with E-state index in [9.17, 15) is 9.90 Å². The molecule has 0 aliphatic rings. The van der Waals surface area contributed by atoms with Crippen molar-refractivity contribution in [2.75, 3.05) is 19.0 Å². The Labute approximate surface area is 107 Å². The van der Waals surface area contributed by atoms with Gasteiger partial charge < -0.3 is 20.5 Å². The number of aliphatic hydroxyl groups is 1. The molecule has 1 atom stereocenters. The number of carbonyl (C=O) groups excluding carboxylic acids is 1. The summed E-state index contributed by atoms with van der Waals surface area (Å²) in [6.45, 7) is 2.34. The fourth-order valence-electron chi connectivity index (χ4n) is 1.47. The Kier molecular flexibility index (Phi) is 6.00. The van der Waals surface area contributed by atoms with Crippen LogP contribution in [-0.4, -0.2) is 30.9 Å². The zero-order valence-electron chi connectivity index (χ0n) is 10.8. The number of urea groups is 1. The van der Waals surface area contributed by atoms with Crippen LogP contribution in [0.2, 0.25) is 0 Å². The van der Waals surface area contributed by atoms with Gasteiger partial charge in [-0.3, -0.25) is 0 Å². The highest BCUT2D eigenvalue weighted by atomic mass is 16.5. The molecule has 2 amide bonds. The maximum Gasteiger partial charge on any atom is 0.319 e. The van der Waals surface area contributed by atoms with Gasteiger partial charge in [0, 0.05) is 6.54 Å². The largest absolute Gasteiger partial charge is 0.495 e. The van der Waals surface area contributed by atoms with Crippen LogP contribution in [0.5, 0.6) is 5.75 Å². The Hall–Kier alpha value is -1.75. The maximum atomic E-state index is 11.6. The van der Waals surface area contributed by atoms with Gasteiger partial charge in [-0.1, -0.05) is 19.1 Å². The number of para-hydroxylation sites is 2. The molecule has 0 aromatic heterocycles. The van der Waals surface area contributed by atoms with Crippen LogP contribution in [0.1, 0.15) is 19.8 Å². The van der Waals surface area contributed by atoms with E-state index in [1.165, 1.54) is 0 Å². The van der Waals surface area contributed by atoms with E-state index in [0.717, 1.165) is 0 Å². The zero-order chi connectivity index (χ0) is 13.4. The van der Waals surface area contributed by atoms with E-state index in [4.69, 9.17) is 4.74 Å². The van der Waals surface area contributed by atoms with Crippen LogP contribution in [0.3, 0.4) is 0 Å². The molecule has 3 N–H and O–H groups in total. The van der Waals surface area contributed by atoms with Crippen molar-refractivity contribution in [2.45, 2.75) is 25.9 Å². The third-order valence-corrected chi connectivity index (χ3v) is 2.59. The van der Waals surface area contributed by atoms with Gasteiger partial charge in [-0.15, -0.1) is 0 Å². The molecule has 1 aromatic carbocycles. The molecule has 18 heavy (non-hydrogen) atoms. The van der Waals surface area contributed by atoms with Gasteiger partial charge >= 0.3 is 6.03 Å². The van der Waals surface area contributed by atoms with Gasteiger partial charge in [0.1, 0.15) is 5.75 Å². The molecule has 1 unspecified atom stereocenters. The molecule has 5 nitrogen and oxygen atoms in total. The van der Waals surface area contributed by atoms with Gasteiger partial charge in [0.05, 0.1) is 18.9 Å². The molecule has 0 aliphatic carbocycles.